The molecular weight excluding hydrogens is 420 g/mol. The van der Waals surface area contributed by atoms with E-state index in [1.807, 2.05) is 18.2 Å². The second-order valence-corrected chi connectivity index (χ2v) is 8.58. The van der Waals surface area contributed by atoms with E-state index >= 15 is 0 Å². The maximum Gasteiger partial charge on any atom is 0.436 e. The molecule has 8 heteroatoms. The number of allylic oxidation sites excluding steroid dienone is 4. The van der Waals surface area contributed by atoms with Gasteiger partial charge in [0.05, 0.1) is 5.69 Å². The van der Waals surface area contributed by atoms with E-state index in [-0.39, 0.29) is 17.2 Å². The first-order valence-corrected chi connectivity index (χ1v) is 11.1. The molecule has 0 bridgehead atoms. The first kappa shape index (κ1) is 28.2. The van der Waals surface area contributed by atoms with Crippen molar-refractivity contribution in [1.29, 1.82) is 0 Å². The van der Waals surface area contributed by atoms with Crippen LogP contribution in [0.3, 0.4) is 0 Å². The third kappa shape index (κ3) is 11.5. The number of carbonyl (C=O) groups excluding carboxylic acids is 2. The summed E-state index contributed by atoms with van der Waals surface area (Å²) in [6.07, 6.45) is 8.71. The summed E-state index contributed by atoms with van der Waals surface area (Å²) in [5, 5.41) is 8.73. The molecule has 1 rings (SSSR count). The van der Waals surface area contributed by atoms with Crippen molar-refractivity contribution in [2.45, 2.75) is 58.3 Å². The van der Waals surface area contributed by atoms with E-state index in [0.29, 0.717) is 37.1 Å². The first-order valence-electron chi connectivity index (χ1n) is 11.1. The van der Waals surface area contributed by atoms with Crippen molar-refractivity contribution in [3.63, 3.8) is 0 Å². The van der Waals surface area contributed by atoms with Gasteiger partial charge < -0.3 is 20.5 Å². The Morgan fingerprint density at radius 1 is 1.12 bits per heavy atom. The van der Waals surface area contributed by atoms with Crippen LogP contribution in [0.15, 0.2) is 54.8 Å². The topological polar surface area (TPSA) is 79.5 Å². The number of hydrogen-bond donors (Lipinski definition) is 3. The summed E-state index contributed by atoms with van der Waals surface area (Å²) in [6.45, 7) is 9.33. The highest BCUT2D eigenvalue weighted by atomic mass is 19.1. The van der Waals surface area contributed by atoms with Crippen LogP contribution in [-0.2, 0) is 19.7 Å². The fourth-order valence-corrected chi connectivity index (χ4v) is 2.98. The van der Waals surface area contributed by atoms with Gasteiger partial charge in [-0.25, -0.2) is 4.39 Å². The molecule has 0 aromatic heterocycles. The molecule has 0 fully saturated rings. The number of anilines is 2. The zero-order valence-corrected chi connectivity index (χ0v) is 20.2. The van der Waals surface area contributed by atoms with Crippen molar-refractivity contribution >= 4 is 30.8 Å². The van der Waals surface area contributed by atoms with Gasteiger partial charge in [0, 0.05) is 31.3 Å². The van der Waals surface area contributed by atoms with Crippen LogP contribution in [0.25, 0.3) is 0 Å². The first-order chi connectivity index (χ1) is 15.7. The van der Waals surface area contributed by atoms with E-state index in [1.54, 1.807) is 13.2 Å². The summed E-state index contributed by atoms with van der Waals surface area (Å²) in [5.74, 6) is -0.237. The van der Waals surface area contributed by atoms with Gasteiger partial charge in [0.15, 0.2) is 0 Å². The van der Waals surface area contributed by atoms with Crippen molar-refractivity contribution < 1.29 is 18.6 Å². The molecule has 0 aliphatic rings. The minimum atomic E-state index is -0.602. The van der Waals surface area contributed by atoms with Crippen LogP contribution in [0.5, 0.6) is 0 Å². The van der Waals surface area contributed by atoms with Gasteiger partial charge >= 0.3 is 7.62 Å². The quantitative estimate of drug-likeness (QED) is 0.205. The van der Waals surface area contributed by atoms with Crippen LogP contribution < -0.4 is 15.9 Å². The van der Waals surface area contributed by atoms with Crippen LogP contribution in [0, 0.1) is 0 Å². The molecule has 2 amide bonds. The van der Waals surface area contributed by atoms with Gasteiger partial charge in [-0.15, -0.1) is 0 Å². The standard InChI is InChI=1S/C25H36BFN3O3/c1-6-11-20(12-10-17-27)28-23(31)13-8-7-9-14-24(32)29-22-18-19(25(2,3)4)15-16-21(22)30-26-33-5/h6,10-12,15-16,18,30H,1,7-9,13-14,17H2,2-5H3,(H,28,31)(H,29,32)/b12-10-,20-11+. The molecule has 179 valence electrons. The minimum absolute atomic E-state index is 0.0497. The van der Waals surface area contributed by atoms with Gasteiger partial charge in [0.1, 0.15) is 6.67 Å². The third-order valence-corrected chi connectivity index (χ3v) is 4.77. The summed E-state index contributed by atoms with van der Waals surface area (Å²) in [4.78, 5) is 24.6. The molecule has 0 spiro atoms. The lowest BCUT2D eigenvalue weighted by atomic mass is 9.86. The number of halogens is 1. The van der Waals surface area contributed by atoms with Gasteiger partial charge in [-0.1, -0.05) is 52.0 Å². The number of nitrogens with one attached hydrogen (secondary N) is 3. The number of unbranched alkanes of at least 4 members (excludes halogenated alkanes) is 2. The number of hydrogen-bond acceptors (Lipinski definition) is 4. The Bertz CT molecular complexity index is 848. The summed E-state index contributed by atoms with van der Waals surface area (Å²) in [6, 6.07) is 5.91. The van der Waals surface area contributed by atoms with Gasteiger partial charge in [-0.3, -0.25) is 9.59 Å². The summed E-state index contributed by atoms with van der Waals surface area (Å²) in [5.41, 5.74) is 3.01. The van der Waals surface area contributed by atoms with E-state index in [9.17, 15) is 14.0 Å². The maximum absolute atomic E-state index is 12.5. The zero-order valence-electron chi connectivity index (χ0n) is 20.2. The molecule has 3 N–H and O–H groups in total. The third-order valence-electron chi connectivity index (χ3n) is 4.77. The Morgan fingerprint density at radius 2 is 1.82 bits per heavy atom. The minimum Gasteiger partial charge on any atom is -0.422 e. The Morgan fingerprint density at radius 3 is 2.42 bits per heavy atom. The molecule has 0 saturated carbocycles. The van der Waals surface area contributed by atoms with Gasteiger partial charge in [-0.05, 0) is 48.1 Å². The molecule has 0 aliphatic heterocycles. The van der Waals surface area contributed by atoms with E-state index < -0.39 is 6.67 Å². The molecule has 1 radical (unpaired) electrons. The molecule has 0 aliphatic carbocycles. The van der Waals surface area contributed by atoms with Crippen LogP contribution in [0.2, 0.25) is 0 Å². The molecule has 1 aromatic carbocycles. The van der Waals surface area contributed by atoms with Crippen LogP contribution >= 0.6 is 0 Å². The Hall–Kier alpha value is -2.87. The molecule has 6 nitrogen and oxygen atoms in total. The van der Waals surface area contributed by atoms with E-state index in [2.05, 4.69) is 43.2 Å². The lowest BCUT2D eigenvalue weighted by Crippen LogP contribution is -2.21. The number of benzene rings is 1. The summed E-state index contributed by atoms with van der Waals surface area (Å²) < 4.78 is 17.2. The lowest BCUT2D eigenvalue weighted by Gasteiger charge is -2.22. The van der Waals surface area contributed by atoms with Crippen LogP contribution in [-0.4, -0.2) is 33.2 Å². The number of amides is 2. The molecule has 0 saturated heterocycles. The van der Waals surface area contributed by atoms with Crippen molar-refractivity contribution in [3.05, 3.63) is 60.3 Å². The molecule has 0 unspecified atom stereocenters. The van der Waals surface area contributed by atoms with Crippen LogP contribution in [0.1, 0.15) is 58.4 Å². The van der Waals surface area contributed by atoms with Crippen LogP contribution in [0.4, 0.5) is 15.8 Å². The van der Waals surface area contributed by atoms with E-state index in [4.69, 9.17) is 4.65 Å². The smallest absolute Gasteiger partial charge is 0.422 e. The Kier molecular flexibility index (Phi) is 12.9. The van der Waals surface area contributed by atoms with Crippen molar-refractivity contribution in [2.24, 2.45) is 0 Å². The largest absolute Gasteiger partial charge is 0.436 e. The monoisotopic (exact) mass is 456 g/mol. The molecule has 0 atom stereocenters. The summed E-state index contributed by atoms with van der Waals surface area (Å²) in [7, 11) is 3.00. The summed E-state index contributed by atoms with van der Waals surface area (Å²) >= 11 is 0. The normalized spacial score (nSPS) is 11.8. The maximum atomic E-state index is 12.5. The highest BCUT2D eigenvalue weighted by Crippen LogP contribution is 2.30. The molecule has 33 heavy (non-hydrogen) atoms. The SMILES string of the molecule is C=C/C=C(\C=C/CF)NC(=O)CCCCCC(=O)Nc1cc(C(C)(C)C)ccc1N[B]OC. The zero-order chi connectivity index (χ0) is 24.7. The fourth-order valence-electron chi connectivity index (χ4n) is 2.98. The van der Waals surface area contributed by atoms with Crippen molar-refractivity contribution in [3.8, 4) is 0 Å². The van der Waals surface area contributed by atoms with Gasteiger partial charge in [-0.2, -0.15) is 0 Å². The van der Waals surface area contributed by atoms with Gasteiger partial charge in [0.2, 0.25) is 11.8 Å². The molecular formula is C25H36BFN3O3. The number of alkyl halides is 1. The lowest BCUT2D eigenvalue weighted by molar-refractivity contribution is -0.120. The van der Waals surface area contributed by atoms with Gasteiger partial charge in [0.25, 0.3) is 0 Å². The second kappa shape index (κ2) is 15.1. The second-order valence-electron chi connectivity index (χ2n) is 8.58. The highest BCUT2D eigenvalue weighted by Gasteiger charge is 2.17. The average molecular weight is 456 g/mol. The average Bonchev–Trinajstić information content (AvgIpc) is 2.75. The van der Waals surface area contributed by atoms with E-state index in [0.717, 1.165) is 17.7 Å². The molecule has 0 heterocycles. The number of rotatable bonds is 14. The predicted octanol–water partition coefficient (Wildman–Crippen LogP) is 5.18. The predicted molar refractivity (Wildman–Crippen MR) is 135 cm³/mol. The highest BCUT2D eigenvalue weighted by molar-refractivity contribution is 6.33. The van der Waals surface area contributed by atoms with E-state index in [1.165, 1.54) is 25.8 Å². The van der Waals surface area contributed by atoms with Crippen molar-refractivity contribution in [1.82, 2.24) is 5.32 Å². The Labute approximate surface area is 198 Å². The molecule has 1 aromatic rings. The van der Waals surface area contributed by atoms with Crippen molar-refractivity contribution in [2.75, 3.05) is 24.3 Å². The number of carbonyl (C=O) groups is 2. The fraction of sp³-hybridized carbons (Fsp3) is 0.440. The Balaban J connectivity index is 2.52.